The Labute approximate surface area is 127 Å². The van der Waals surface area contributed by atoms with Crippen LogP contribution in [0.4, 0.5) is 5.69 Å². The van der Waals surface area contributed by atoms with E-state index in [1.54, 1.807) is 36.4 Å². The van der Waals surface area contributed by atoms with Gasteiger partial charge >= 0.3 is 0 Å². The number of ether oxygens (including phenoxy) is 1. The van der Waals surface area contributed by atoms with Gasteiger partial charge in [0.1, 0.15) is 5.75 Å². The molecule has 0 saturated heterocycles. The number of anilines is 1. The Balaban J connectivity index is 2.31. The van der Waals surface area contributed by atoms with Crippen LogP contribution in [0.5, 0.6) is 5.75 Å². The first-order chi connectivity index (χ1) is 9.52. The molecule has 0 bridgehead atoms. The highest BCUT2D eigenvalue weighted by Crippen LogP contribution is 2.27. The molecule has 0 spiro atoms. The molecule has 0 saturated carbocycles. The highest BCUT2D eigenvalue weighted by atomic mass is 35.5. The summed E-state index contributed by atoms with van der Waals surface area (Å²) in [6.45, 7) is 0. The molecule has 0 aliphatic carbocycles. The van der Waals surface area contributed by atoms with Gasteiger partial charge in [-0.3, -0.25) is 4.79 Å². The number of hydrogen-bond donors (Lipinski definition) is 1. The molecule has 2 aromatic rings. The Bertz CT molecular complexity index is 656. The van der Waals surface area contributed by atoms with E-state index in [1.165, 1.54) is 7.11 Å². The number of hydrogen-bond acceptors (Lipinski definition) is 3. The van der Waals surface area contributed by atoms with Crippen molar-refractivity contribution < 1.29 is 9.53 Å². The normalized spacial score (nSPS) is 10.3. The van der Waals surface area contributed by atoms with Gasteiger partial charge in [-0.2, -0.15) is 0 Å². The minimum Gasteiger partial charge on any atom is -0.495 e. The molecule has 0 amide bonds. The third-order valence-electron chi connectivity index (χ3n) is 2.95. The number of halogens is 2. The number of methoxy groups -OCH3 is 1. The molecule has 0 atom stereocenters. The van der Waals surface area contributed by atoms with Gasteiger partial charge < -0.3 is 10.5 Å². The lowest BCUT2D eigenvalue weighted by atomic mass is 10.0. The number of carbonyl (C=O) groups is 1. The standard InChI is InChI=1S/C15H13Cl2NO2/c1-20-14-4-2-3-11(15(14)18)13(19)8-9-7-10(16)5-6-12(9)17/h2-7H,8,18H2,1H3. The van der Waals surface area contributed by atoms with Crippen LogP contribution in [-0.2, 0) is 6.42 Å². The Kier molecular flexibility index (Phi) is 4.53. The lowest BCUT2D eigenvalue weighted by Crippen LogP contribution is -2.08. The van der Waals surface area contributed by atoms with E-state index in [4.69, 9.17) is 33.7 Å². The number of nitrogens with two attached hydrogens (primary N) is 1. The van der Waals surface area contributed by atoms with Crippen molar-refractivity contribution in [1.82, 2.24) is 0 Å². The Hall–Kier alpha value is -1.71. The van der Waals surface area contributed by atoms with Gasteiger partial charge in [0.05, 0.1) is 12.8 Å². The number of benzene rings is 2. The van der Waals surface area contributed by atoms with Gasteiger partial charge in [0, 0.05) is 22.0 Å². The number of ketones is 1. The molecule has 2 N–H and O–H groups in total. The van der Waals surface area contributed by atoms with Crippen LogP contribution in [0.2, 0.25) is 10.0 Å². The molecule has 3 nitrogen and oxygen atoms in total. The number of para-hydroxylation sites is 1. The lowest BCUT2D eigenvalue weighted by molar-refractivity contribution is 0.0993. The summed E-state index contributed by atoms with van der Waals surface area (Å²) < 4.78 is 5.10. The summed E-state index contributed by atoms with van der Waals surface area (Å²) in [4.78, 5) is 12.3. The fourth-order valence-corrected chi connectivity index (χ4v) is 2.29. The predicted molar refractivity (Wildman–Crippen MR) is 81.9 cm³/mol. The quantitative estimate of drug-likeness (QED) is 0.686. The molecule has 0 unspecified atom stereocenters. The minimum absolute atomic E-state index is 0.134. The summed E-state index contributed by atoms with van der Waals surface area (Å²) >= 11 is 12.0. The van der Waals surface area contributed by atoms with Crippen molar-refractivity contribution in [3.63, 3.8) is 0 Å². The molecule has 20 heavy (non-hydrogen) atoms. The van der Waals surface area contributed by atoms with Crippen LogP contribution in [0.25, 0.3) is 0 Å². The van der Waals surface area contributed by atoms with E-state index < -0.39 is 0 Å². The zero-order valence-corrected chi connectivity index (χ0v) is 12.3. The molecule has 5 heteroatoms. The van der Waals surface area contributed by atoms with Gasteiger partial charge in [-0.05, 0) is 35.9 Å². The maximum absolute atomic E-state index is 12.3. The molecule has 2 rings (SSSR count). The van der Waals surface area contributed by atoms with Crippen molar-refractivity contribution in [3.05, 3.63) is 57.6 Å². The van der Waals surface area contributed by atoms with Gasteiger partial charge in [-0.25, -0.2) is 0 Å². The van der Waals surface area contributed by atoms with Gasteiger partial charge in [-0.1, -0.05) is 29.3 Å². The van der Waals surface area contributed by atoms with E-state index >= 15 is 0 Å². The summed E-state index contributed by atoms with van der Waals surface area (Å²) in [6, 6.07) is 10.1. The maximum Gasteiger partial charge on any atom is 0.169 e. The first kappa shape index (κ1) is 14.7. The van der Waals surface area contributed by atoms with Crippen molar-refractivity contribution in [2.75, 3.05) is 12.8 Å². The van der Waals surface area contributed by atoms with Crippen LogP contribution in [0.3, 0.4) is 0 Å². The topological polar surface area (TPSA) is 52.3 Å². The summed E-state index contributed by atoms with van der Waals surface area (Å²) in [5.74, 6) is 0.346. The van der Waals surface area contributed by atoms with E-state index in [0.717, 1.165) is 0 Å². The van der Waals surface area contributed by atoms with Crippen molar-refractivity contribution >= 4 is 34.7 Å². The second-order valence-corrected chi connectivity index (χ2v) is 5.10. The fraction of sp³-hybridized carbons (Fsp3) is 0.133. The Morgan fingerprint density at radius 2 is 2.00 bits per heavy atom. The van der Waals surface area contributed by atoms with E-state index in [1.807, 2.05) is 0 Å². The monoisotopic (exact) mass is 309 g/mol. The fourth-order valence-electron chi connectivity index (χ4n) is 1.91. The highest BCUT2D eigenvalue weighted by molar-refractivity contribution is 6.33. The van der Waals surface area contributed by atoms with Gasteiger partial charge in [0.25, 0.3) is 0 Å². The molecule has 0 aromatic heterocycles. The zero-order valence-electron chi connectivity index (χ0n) is 10.8. The molecular weight excluding hydrogens is 297 g/mol. The van der Waals surface area contributed by atoms with Crippen LogP contribution in [0, 0.1) is 0 Å². The van der Waals surface area contributed by atoms with Crippen LogP contribution in [-0.4, -0.2) is 12.9 Å². The minimum atomic E-state index is -0.134. The third kappa shape index (κ3) is 3.06. The highest BCUT2D eigenvalue weighted by Gasteiger charge is 2.15. The summed E-state index contributed by atoms with van der Waals surface area (Å²) in [5, 5.41) is 1.04. The largest absolute Gasteiger partial charge is 0.495 e. The van der Waals surface area contributed by atoms with Gasteiger partial charge in [0.15, 0.2) is 5.78 Å². The Morgan fingerprint density at radius 1 is 1.25 bits per heavy atom. The second-order valence-electron chi connectivity index (χ2n) is 4.26. The number of Topliss-reactive ketones (excluding diaryl/α,β-unsaturated/α-hetero) is 1. The second kappa shape index (κ2) is 6.16. The average molecular weight is 310 g/mol. The van der Waals surface area contributed by atoms with Crippen molar-refractivity contribution in [2.45, 2.75) is 6.42 Å². The molecule has 0 aliphatic rings. The van der Waals surface area contributed by atoms with Crippen molar-refractivity contribution in [3.8, 4) is 5.75 Å². The summed E-state index contributed by atoms with van der Waals surface area (Å²) in [5.41, 5.74) is 7.33. The summed E-state index contributed by atoms with van der Waals surface area (Å²) in [7, 11) is 1.51. The first-order valence-corrected chi connectivity index (χ1v) is 6.68. The van der Waals surface area contributed by atoms with Crippen LogP contribution in [0.15, 0.2) is 36.4 Å². The van der Waals surface area contributed by atoms with Gasteiger partial charge in [0.2, 0.25) is 0 Å². The summed E-state index contributed by atoms with van der Waals surface area (Å²) in [6.07, 6.45) is 0.136. The van der Waals surface area contributed by atoms with E-state index in [2.05, 4.69) is 0 Å². The SMILES string of the molecule is COc1cccc(C(=O)Cc2cc(Cl)ccc2Cl)c1N. The molecule has 104 valence electrons. The molecule has 0 aliphatic heterocycles. The third-order valence-corrected chi connectivity index (χ3v) is 3.55. The van der Waals surface area contributed by atoms with Crippen LogP contribution < -0.4 is 10.5 Å². The van der Waals surface area contributed by atoms with E-state index in [-0.39, 0.29) is 12.2 Å². The van der Waals surface area contributed by atoms with Crippen molar-refractivity contribution in [1.29, 1.82) is 0 Å². The molecule has 0 heterocycles. The van der Waals surface area contributed by atoms with E-state index in [0.29, 0.717) is 32.6 Å². The van der Waals surface area contributed by atoms with Crippen LogP contribution in [0.1, 0.15) is 15.9 Å². The number of carbonyl (C=O) groups excluding carboxylic acids is 1. The van der Waals surface area contributed by atoms with Crippen molar-refractivity contribution in [2.24, 2.45) is 0 Å². The smallest absolute Gasteiger partial charge is 0.169 e. The lowest BCUT2D eigenvalue weighted by Gasteiger charge is -2.10. The van der Waals surface area contributed by atoms with E-state index in [9.17, 15) is 4.79 Å². The molecular formula is C15H13Cl2NO2. The average Bonchev–Trinajstić information content (AvgIpc) is 2.43. The molecule has 2 aromatic carbocycles. The van der Waals surface area contributed by atoms with Crippen LogP contribution >= 0.6 is 23.2 Å². The van der Waals surface area contributed by atoms with Gasteiger partial charge in [-0.15, -0.1) is 0 Å². The first-order valence-electron chi connectivity index (χ1n) is 5.92. The molecule has 0 fully saturated rings. The Morgan fingerprint density at radius 3 is 2.70 bits per heavy atom. The zero-order chi connectivity index (χ0) is 14.7. The number of nitrogen functional groups attached to an aromatic ring is 1. The number of rotatable bonds is 4. The molecule has 0 radical (unpaired) electrons. The predicted octanol–water partition coefficient (Wildman–Crippen LogP) is 4.01. The maximum atomic E-state index is 12.3.